The van der Waals surface area contributed by atoms with Gasteiger partial charge in [0.15, 0.2) is 0 Å². The second-order valence-corrected chi connectivity index (χ2v) is 5.31. The highest BCUT2D eigenvalue weighted by atomic mass is 35.5. The van der Waals surface area contributed by atoms with Crippen LogP contribution in [-0.2, 0) is 0 Å². The molecule has 0 unspecified atom stereocenters. The Kier molecular flexibility index (Phi) is 4.48. The first kappa shape index (κ1) is 13.2. The summed E-state index contributed by atoms with van der Waals surface area (Å²) in [5.74, 6) is 0. The van der Waals surface area contributed by atoms with E-state index in [-0.39, 0.29) is 12.1 Å². The molecule has 3 nitrogen and oxygen atoms in total. The van der Waals surface area contributed by atoms with Gasteiger partial charge in [-0.1, -0.05) is 36.6 Å². The van der Waals surface area contributed by atoms with E-state index in [9.17, 15) is 4.79 Å². The van der Waals surface area contributed by atoms with Crippen molar-refractivity contribution in [1.29, 1.82) is 0 Å². The molecular formula is C14H19ClN2O. The monoisotopic (exact) mass is 266 g/mol. The van der Waals surface area contributed by atoms with Crippen molar-refractivity contribution in [2.45, 2.75) is 44.7 Å². The number of nitrogens with one attached hydrogen (secondary N) is 2. The van der Waals surface area contributed by atoms with E-state index in [2.05, 4.69) is 10.6 Å². The van der Waals surface area contributed by atoms with Crippen LogP contribution in [0.15, 0.2) is 24.3 Å². The number of hydrogen-bond acceptors (Lipinski definition) is 1. The molecule has 2 amide bonds. The first-order chi connectivity index (χ1) is 8.65. The van der Waals surface area contributed by atoms with Crippen molar-refractivity contribution in [3.05, 3.63) is 34.9 Å². The maximum atomic E-state index is 11.8. The lowest BCUT2D eigenvalue weighted by atomic mass is 10.1. The molecule has 1 aliphatic rings. The Bertz CT molecular complexity index is 416. The molecule has 0 heterocycles. The Balaban J connectivity index is 1.86. The highest BCUT2D eigenvalue weighted by Crippen LogP contribution is 2.19. The number of halogens is 1. The normalized spacial score (nSPS) is 17.4. The van der Waals surface area contributed by atoms with Crippen molar-refractivity contribution >= 4 is 17.6 Å². The van der Waals surface area contributed by atoms with Crippen LogP contribution in [0.3, 0.4) is 0 Å². The fourth-order valence-corrected chi connectivity index (χ4v) is 2.55. The van der Waals surface area contributed by atoms with Gasteiger partial charge in [0.25, 0.3) is 0 Å². The third-order valence-corrected chi connectivity index (χ3v) is 3.62. The summed E-state index contributed by atoms with van der Waals surface area (Å²) in [6.45, 7) is 1.96. The van der Waals surface area contributed by atoms with Gasteiger partial charge in [0.1, 0.15) is 0 Å². The van der Waals surface area contributed by atoms with Crippen LogP contribution >= 0.6 is 11.6 Å². The van der Waals surface area contributed by atoms with Gasteiger partial charge in [-0.2, -0.15) is 0 Å². The predicted molar refractivity (Wildman–Crippen MR) is 73.8 cm³/mol. The number of carbonyl (C=O) groups is 1. The molecule has 2 N–H and O–H groups in total. The SMILES string of the molecule is C[C@H](NC(=O)NC1CCCC1)c1cccc(Cl)c1. The minimum absolute atomic E-state index is 0.0369. The first-order valence-corrected chi connectivity index (χ1v) is 6.85. The van der Waals surface area contributed by atoms with Crippen LogP contribution in [-0.4, -0.2) is 12.1 Å². The van der Waals surface area contributed by atoms with E-state index in [1.807, 2.05) is 31.2 Å². The van der Waals surface area contributed by atoms with E-state index in [0.29, 0.717) is 11.1 Å². The van der Waals surface area contributed by atoms with Crippen molar-refractivity contribution in [3.8, 4) is 0 Å². The van der Waals surface area contributed by atoms with Gasteiger partial charge in [-0.05, 0) is 37.5 Å². The minimum atomic E-state index is -0.0885. The maximum absolute atomic E-state index is 11.8. The number of amides is 2. The Labute approximate surface area is 113 Å². The zero-order chi connectivity index (χ0) is 13.0. The van der Waals surface area contributed by atoms with Crippen LogP contribution in [0.1, 0.15) is 44.2 Å². The average molecular weight is 267 g/mol. The molecule has 2 rings (SSSR count). The smallest absolute Gasteiger partial charge is 0.315 e. The van der Waals surface area contributed by atoms with E-state index in [0.717, 1.165) is 18.4 Å². The van der Waals surface area contributed by atoms with Gasteiger partial charge in [0, 0.05) is 11.1 Å². The maximum Gasteiger partial charge on any atom is 0.315 e. The van der Waals surface area contributed by atoms with Crippen LogP contribution < -0.4 is 10.6 Å². The molecule has 18 heavy (non-hydrogen) atoms. The second-order valence-electron chi connectivity index (χ2n) is 4.88. The largest absolute Gasteiger partial charge is 0.335 e. The molecule has 0 aliphatic heterocycles. The molecule has 98 valence electrons. The van der Waals surface area contributed by atoms with E-state index >= 15 is 0 Å². The standard InChI is InChI=1S/C14H19ClN2O/c1-10(11-5-4-6-12(15)9-11)16-14(18)17-13-7-2-3-8-13/h4-6,9-10,13H,2-3,7-8H2,1H3,(H2,16,17,18)/t10-/m0/s1. The number of urea groups is 1. The van der Waals surface area contributed by atoms with Crippen molar-refractivity contribution in [3.63, 3.8) is 0 Å². The summed E-state index contributed by atoms with van der Waals surface area (Å²) in [4.78, 5) is 11.8. The summed E-state index contributed by atoms with van der Waals surface area (Å²) in [5.41, 5.74) is 1.02. The highest BCUT2D eigenvalue weighted by Gasteiger charge is 2.18. The summed E-state index contributed by atoms with van der Waals surface area (Å²) in [7, 11) is 0. The zero-order valence-corrected chi connectivity index (χ0v) is 11.3. The Morgan fingerprint density at radius 2 is 2.11 bits per heavy atom. The number of benzene rings is 1. The highest BCUT2D eigenvalue weighted by molar-refractivity contribution is 6.30. The number of carbonyl (C=O) groups excluding carboxylic acids is 1. The van der Waals surface area contributed by atoms with Crippen molar-refractivity contribution in [2.24, 2.45) is 0 Å². The van der Waals surface area contributed by atoms with Gasteiger partial charge in [0.2, 0.25) is 0 Å². The lowest BCUT2D eigenvalue weighted by Gasteiger charge is -2.18. The number of hydrogen-bond donors (Lipinski definition) is 2. The molecular weight excluding hydrogens is 248 g/mol. The summed E-state index contributed by atoms with van der Waals surface area (Å²) in [6.07, 6.45) is 4.63. The van der Waals surface area contributed by atoms with Crippen LogP contribution in [0.5, 0.6) is 0 Å². The second kappa shape index (κ2) is 6.10. The molecule has 1 atom stereocenters. The summed E-state index contributed by atoms with van der Waals surface area (Å²) < 4.78 is 0. The molecule has 4 heteroatoms. The fraction of sp³-hybridized carbons (Fsp3) is 0.500. The minimum Gasteiger partial charge on any atom is -0.335 e. The molecule has 0 saturated heterocycles. The van der Waals surface area contributed by atoms with Crippen molar-refractivity contribution in [1.82, 2.24) is 10.6 Å². The zero-order valence-electron chi connectivity index (χ0n) is 10.6. The Morgan fingerprint density at radius 1 is 1.39 bits per heavy atom. The van der Waals surface area contributed by atoms with Crippen LogP contribution in [0.25, 0.3) is 0 Å². The van der Waals surface area contributed by atoms with Gasteiger partial charge < -0.3 is 10.6 Å². The predicted octanol–water partition coefficient (Wildman–Crippen LogP) is 3.64. The van der Waals surface area contributed by atoms with Gasteiger partial charge in [0.05, 0.1) is 6.04 Å². The third-order valence-electron chi connectivity index (χ3n) is 3.39. The van der Waals surface area contributed by atoms with Crippen LogP contribution in [0, 0.1) is 0 Å². The summed E-state index contributed by atoms with van der Waals surface area (Å²) >= 11 is 5.93. The van der Waals surface area contributed by atoms with Gasteiger partial charge >= 0.3 is 6.03 Å². The van der Waals surface area contributed by atoms with Crippen LogP contribution in [0.4, 0.5) is 4.79 Å². The number of rotatable bonds is 3. The summed E-state index contributed by atoms with van der Waals surface area (Å²) in [6, 6.07) is 7.78. The Morgan fingerprint density at radius 3 is 2.78 bits per heavy atom. The van der Waals surface area contributed by atoms with Crippen molar-refractivity contribution < 1.29 is 4.79 Å². The lowest BCUT2D eigenvalue weighted by molar-refractivity contribution is 0.234. The lowest BCUT2D eigenvalue weighted by Crippen LogP contribution is -2.41. The molecule has 0 bridgehead atoms. The molecule has 1 aromatic carbocycles. The summed E-state index contributed by atoms with van der Waals surface area (Å²) in [5, 5.41) is 6.64. The van der Waals surface area contributed by atoms with Crippen LogP contribution in [0.2, 0.25) is 5.02 Å². The van der Waals surface area contributed by atoms with E-state index in [4.69, 9.17) is 11.6 Å². The molecule has 0 radical (unpaired) electrons. The first-order valence-electron chi connectivity index (χ1n) is 6.47. The van der Waals surface area contributed by atoms with Crippen molar-refractivity contribution in [2.75, 3.05) is 0 Å². The fourth-order valence-electron chi connectivity index (χ4n) is 2.35. The van der Waals surface area contributed by atoms with E-state index in [1.165, 1.54) is 12.8 Å². The van der Waals surface area contributed by atoms with Gasteiger partial charge in [-0.15, -0.1) is 0 Å². The van der Waals surface area contributed by atoms with E-state index < -0.39 is 0 Å². The molecule has 1 aliphatic carbocycles. The average Bonchev–Trinajstić information content (AvgIpc) is 2.81. The van der Waals surface area contributed by atoms with Gasteiger partial charge in [-0.3, -0.25) is 0 Å². The topological polar surface area (TPSA) is 41.1 Å². The molecule has 1 saturated carbocycles. The molecule has 1 aromatic rings. The molecule has 1 fully saturated rings. The van der Waals surface area contributed by atoms with Gasteiger partial charge in [-0.25, -0.2) is 4.79 Å². The van der Waals surface area contributed by atoms with E-state index in [1.54, 1.807) is 0 Å². The quantitative estimate of drug-likeness (QED) is 0.862. The molecule has 0 aromatic heterocycles. The third kappa shape index (κ3) is 3.64. The Hall–Kier alpha value is -1.22. The molecule has 0 spiro atoms.